The first-order valence-electron chi connectivity index (χ1n) is 8.28. The third-order valence-electron chi connectivity index (χ3n) is 4.00. The molecule has 1 aliphatic heterocycles. The Hall–Kier alpha value is -3.06. The maximum Gasteiger partial charge on any atom is 0.266 e. The molecule has 8 heteroatoms. The number of ether oxygens (including phenoxy) is 1. The summed E-state index contributed by atoms with van der Waals surface area (Å²) >= 11 is 5.80. The highest BCUT2D eigenvalue weighted by Gasteiger charge is 2.30. The first kappa shape index (κ1) is 18.7. The lowest BCUT2D eigenvalue weighted by Crippen LogP contribution is -2.43. The summed E-state index contributed by atoms with van der Waals surface area (Å²) in [6.45, 7) is -0.146. The zero-order valence-electron chi connectivity index (χ0n) is 14.6. The number of carbonyl (C=O) groups is 3. The van der Waals surface area contributed by atoms with Crippen molar-refractivity contribution in [3.05, 3.63) is 53.6 Å². The van der Waals surface area contributed by atoms with E-state index in [0.717, 1.165) is 0 Å². The van der Waals surface area contributed by atoms with Gasteiger partial charge in [-0.15, -0.1) is 0 Å². The van der Waals surface area contributed by atoms with E-state index in [1.165, 1.54) is 11.9 Å². The van der Waals surface area contributed by atoms with E-state index in [1.807, 2.05) is 0 Å². The third-order valence-corrected chi connectivity index (χ3v) is 4.25. The third kappa shape index (κ3) is 4.77. The second kappa shape index (κ2) is 8.09. The van der Waals surface area contributed by atoms with Crippen molar-refractivity contribution < 1.29 is 19.1 Å². The molecule has 0 radical (unpaired) electrons. The van der Waals surface area contributed by atoms with Crippen LogP contribution in [0, 0.1) is 0 Å². The molecule has 0 aliphatic carbocycles. The van der Waals surface area contributed by atoms with E-state index in [1.54, 1.807) is 48.5 Å². The summed E-state index contributed by atoms with van der Waals surface area (Å²) < 4.78 is 5.60. The summed E-state index contributed by atoms with van der Waals surface area (Å²) in [5.41, 5.74) is 1.15. The molecule has 2 aromatic carbocycles. The zero-order chi connectivity index (χ0) is 19.4. The van der Waals surface area contributed by atoms with Crippen LogP contribution >= 0.6 is 11.6 Å². The molecule has 27 heavy (non-hydrogen) atoms. The van der Waals surface area contributed by atoms with Gasteiger partial charge >= 0.3 is 0 Å². The molecule has 7 nitrogen and oxygen atoms in total. The van der Waals surface area contributed by atoms with Gasteiger partial charge in [-0.25, -0.2) is 0 Å². The Bertz CT molecular complexity index is 870. The number of nitrogens with zero attached hydrogens (tertiary/aromatic N) is 1. The quantitative estimate of drug-likeness (QED) is 0.825. The molecule has 1 aliphatic rings. The van der Waals surface area contributed by atoms with Crippen LogP contribution in [0.15, 0.2) is 48.5 Å². The van der Waals surface area contributed by atoms with Crippen LogP contribution in [0.4, 0.5) is 11.4 Å². The largest absolute Gasteiger partial charge is 0.478 e. The van der Waals surface area contributed by atoms with Gasteiger partial charge in [-0.05, 0) is 36.4 Å². The van der Waals surface area contributed by atoms with Crippen molar-refractivity contribution in [3.63, 3.8) is 0 Å². The van der Waals surface area contributed by atoms with Gasteiger partial charge in [-0.3, -0.25) is 14.4 Å². The maximum absolute atomic E-state index is 12.4. The standard InChI is InChI=1S/C19H18ClN3O4/c1-23(11-17(24)21-13-8-6-12(20)7-9-13)18(25)10-16-19(26)22-14-4-2-3-5-15(14)27-16/h2-9,16H,10-11H2,1H3,(H,21,24)(H,22,26)/t16-/m0/s1. The van der Waals surface area contributed by atoms with Crippen molar-refractivity contribution >= 4 is 40.7 Å². The first-order valence-corrected chi connectivity index (χ1v) is 8.66. The fourth-order valence-corrected chi connectivity index (χ4v) is 2.70. The molecule has 3 amide bonds. The van der Waals surface area contributed by atoms with Gasteiger partial charge in [0.25, 0.3) is 5.91 Å². The highest BCUT2D eigenvalue weighted by Crippen LogP contribution is 2.29. The van der Waals surface area contributed by atoms with Gasteiger partial charge in [0.05, 0.1) is 18.7 Å². The van der Waals surface area contributed by atoms with Crippen molar-refractivity contribution in [2.24, 2.45) is 0 Å². The minimum absolute atomic E-state index is 0.146. The fourth-order valence-electron chi connectivity index (χ4n) is 2.58. The minimum atomic E-state index is -0.936. The molecule has 3 rings (SSSR count). The highest BCUT2D eigenvalue weighted by atomic mass is 35.5. The Balaban J connectivity index is 1.54. The predicted octanol–water partition coefficient (Wildman–Crippen LogP) is 2.53. The number of anilines is 2. The van der Waals surface area contributed by atoms with Crippen LogP contribution in [0.25, 0.3) is 0 Å². The van der Waals surface area contributed by atoms with E-state index in [0.29, 0.717) is 22.1 Å². The van der Waals surface area contributed by atoms with Gasteiger partial charge in [0.2, 0.25) is 11.8 Å². The lowest BCUT2D eigenvalue weighted by atomic mass is 10.1. The van der Waals surface area contributed by atoms with Gasteiger partial charge in [0, 0.05) is 17.8 Å². The Kier molecular flexibility index (Phi) is 5.61. The van der Waals surface area contributed by atoms with Crippen LogP contribution in [0.3, 0.4) is 0 Å². The number of likely N-dealkylation sites (N-methyl/N-ethyl adjacent to an activating group) is 1. The molecule has 0 saturated carbocycles. The van der Waals surface area contributed by atoms with Crippen molar-refractivity contribution in [3.8, 4) is 5.75 Å². The van der Waals surface area contributed by atoms with Crippen molar-refractivity contribution in [1.82, 2.24) is 4.90 Å². The molecule has 0 saturated heterocycles. The SMILES string of the molecule is CN(CC(=O)Nc1ccc(Cl)cc1)C(=O)C[C@@H]1Oc2ccccc2NC1=O. The second-order valence-corrected chi connectivity index (χ2v) is 6.54. The van der Waals surface area contributed by atoms with E-state index in [4.69, 9.17) is 16.3 Å². The molecule has 1 atom stereocenters. The topological polar surface area (TPSA) is 87.7 Å². The van der Waals surface area contributed by atoms with Crippen molar-refractivity contribution in [1.29, 1.82) is 0 Å². The van der Waals surface area contributed by atoms with Gasteiger partial charge in [-0.2, -0.15) is 0 Å². The van der Waals surface area contributed by atoms with Crippen LogP contribution in [-0.4, -0.2) is 42.3 Å². The van der Waals surface area contributed by atoms with Crippen molar-refractivity contribution in [2.75, 3.05) is 24.2 Å². The second-order valence-electron chi connectivity index (χ2n) is 6.10. The van der Waals surface area contributed by atoms with Gasteiger partial charge < -0.3 is 20.3 Å². The number of amides is 3. The van der Waals surface area contributed by atoms with E-state index in [2.05, 4.69) is 10.6 Å². The predicted molar refractivity (Wildman–Crippen MR) is 102 cm³/mol. The van der Waals surface area contributed by atoms with Crippen LogP contribution < -0.4 is 15.4 Å². The summed E-state index contributed by atoms with van der Waals surface area (Å²) in [5.74, 6) is -0.604. The highest BCUT2D eigenvalue weighted by molar-refractivity contribution is 6.30. The summed E-state index contributed by atoms with van der Waals surface area (Å²) in [5, 5.41) is 5.95. The van der Waals surface area contributed by atoms with E-state index >= 15 is 0 Å². The van der Waals surface area contributed by atoms with Gasteiger partial charge in [-0.1, -0.05) is 23.7 Å². The normalized spacial score (nSPS) is 15.2. The molecular formula is C19H18ClN3O4. The van der Waals surface area contributed by atoms with Crippen LogP contribution in [0.5, 0.6) is 5.75 Å². The lowest BCUT2D eigenvalue weighted by Gasteiger charge is -2.26. The summed E-state index contributed by atoms with van der Waals surface area (Å²) in [6, 6.07) is 13.6. The van der Waals surface area contributed by atoms with Crippen LogP contribution in [-0.2, 0) is 14.4 Å². The zero-order valence-corrected chi connectivity index (χ0v) is 15.3. The number of fused-ring (bicyclic) bond motifs is 1. The summed E-state index contributed by atoms with van der Waals surface area (Å²) in [4.78, 5) is 37.8. The number of carbonyl (C=O) groups excluding carboxylic acids is 3. The van der Waals surface area contributed by atoms with E-state index < -0.39 is 6.10 Å². The summed E-state index contributed by atoms with van der Waals surface area (Å²) in [6.07, 6.45) is -1.10. The molecule has 2 N–H and O–H groups in total. The monoisotopic (exact) mass is 387 g/mol. The number of benzene rings is 2. The molecule has 2 aromatic rings. The number of hydrogen-bond donors (Lipinski definition) is 2. The first-order chi connectivity index (χ1) is 12.9. The summed E-state index contributed by atoms with van der Waals surface area (Å²) in [7, 11) is 1.50. The Morgan fingerprint density at radius 3 is 2.63 bits per heavy atom. The van der Waals surface area contributed by atoms with Crippen LogP contribution in [0.2, 0.25) is 5.02 Å². The number of nitrogens with one attached hydrogen (secondary N) is 2. The average Bonchev–Trinajstić information content (AvgIpc) is 2.64. The van der Waals surface area contributed by atoms with Gasteiger partial charge in [0.1, 0.15) is 5.75 Å². The number of halogens is 1. The number of para-hydroxylation sites is 2. The lowest BCUT2D eigenvalue weighted by molar-refractivity contribution is -0.137. The molecule has 1 heterocycles. The minimum Gasteiger partial charge on any atom is -0.478 e. The number of rotatable bonds is 5. The molecule has 0 bridgehead atoms. The number of hydrogen-bond acceptors (Lipinski definition) is 4. The molecule has 0 unspecified atom stereocenters. The Labute approximate surface area is 161 Å². The molecule has 0 fully saturated rings. The van der Waals surface area contributed by atoms with Crippen molar-refractivity contribution in [2.45, 2.75) is 12.5 Å². The van der Waals surface area contributed by atoms with Gasteiger partial charge in [0.15, 0.2) is 6.10 Å². The van der Waals surface area contributed by atoms with E-state index in [-0.39, 0.29) is 30.7 Å². The maximum atomic E-state index is 12.4. The molecular weight excluding hydrogens is 370 g/mol. The smallest absolute Gasteiger partial charge is 0.266 e. The fraction of sp³-hybridized carbons (Fsp3) is 0.211. The Morgan fingerprint density at radius 2 is 1.89 bits per heavy atom. The van der Waals surface area contributed by atoms with Crippen LogP contribution in [0.1, 0.15) is 6.42 Å². The molecule has 0 aromatic heterocycles. The molecule has 0 spiro atoms. The molecule has 140 valence electrons. The Morgan fingerprint density at radius 1 is 1.19 bits per heavy atom. The van der Waals surface area contributed by atoms with E-state index in [9.17, 15) is 14.4 Å². The average molecular weight is 388 g/mol.